The van der Waals surface area contributed by atoms with E-state index in [1.807, 2.05) is 0 Å². The highest BCUT2D eigenvalue weighted by molar-refractivity contribution is 7.99. The van der Waals surface area contributed by atoms with E-state index in [1.165, 1.54) is 30.7 Å². The Morgan fingerprint density at radius 1 is 1.47 bits per heavy atom. The average molecular weight is 281 g/mol. The second-order valence-electron chi connectivity index (χ2n) is 3.33. The third-order valence-corrected chi connectivity index (χ3v) is 3.09. The van der Waals surface area contributed by atoms with Crippen LogP contribution >= 0.6 is 11.8 Å². The van der Waals surface area contributed by atoms with Gasteiger partial charge in [0.25, 0.3) is 0 Å². The number of tetrazole rings is 1. The van der Waals surface area contributed by atoms with Crippen molar-refractivity contribution in [2.75, 3.05) is 14.2 Å². The maximum atomic E-state index is 11.2. The van der Waals surface area contributed by atoms with Crippen LogP contribution in [0.3, 0.4) is 0 Å². The molecular weight excluding hydrogens is 270 g/mol. The Kier molecular flexibility index (Phi) is 4.29. The Hall–Kier alpha value is -2.16. The van der Waals surface area contributed by atoms with Gasteiger partial charge in [0, 0.05) is 17.2 Å². The van der Waals surface area contributed by atoms with Crippen molar-refractivity contribution in [1.82, 2.24) is 25.2 Å². The van der Waals surface area contributed by atoms with E-state index in [-0.39, 0.29) is 6.54 Å². The number of ether oxygens (including phenoxy) is 2. The third kappa shape index (κ3) is 3.41. The van der Waals surface area contributed by atoms with Gasteiger partial charge in [0.15, 0.2) is 0 Å². The van der Waals surface area contributed by atoms with E-state index < -0.39 is 5.97 Å². The lowest BCUT2D eigenvalue weighted by Gasteiger charge is -2.04. The van der Waals surface area contributed by atoms with Crippen molar-refractivity contribution >= 4 is 17.7 Å². The fraction of sp³-hybridized carbons (Fsp3) is 0.300. The summed E-state index contributed by atoms with van der Waals surface area (Å²) in [5.74, 6) is 0.0819. The Morgan fingerprint density at radius 3 is 3.05 bits per heavy atom. The first-order valence-corrected chi connectivity index (χ1v) is 6.05. The van der Waals surface area contributed by atoms with E-state index in [0.717, 1.165) is 4.90 Å². The normalized spacial score (nSPS) is 10.2. The van der Waals surface area contributed by atoms with Crippen LogP contribution in [0.15, 0.2) is 28.4 Å². The molecule has 19 heavy (non-hydrogen) atoms. The van der Waals surface area contributed by atoms with Gasteiger partial charge in [-0.25, -0.2) is 9.67 Å². The topological polar surface area (TPSA) is 92.0 Å². The van der Waals surface area contributed by atoms with Gasteiger partial charge in [0.1, 0.15) is 6.54 Å². The lowest BCUT2D eigenvalue weighted by Crippen LogP contribution is -2.13. The Balaban J connectivity index is 2.14. The van der Waals surface area contributed by atoms with Crippen LogP contribution in [0.5, 0.6) is 5.88 Å². The molecule has 2 aromatic rings. The zero-order chi connectivity index (χ0) is 13.7. The molecule has 0 fully saturated rings. The van der Waals surface area contributed by atoms with E-state index in [0.29, 0.717) is 11.0 Å². The van der Waals surface area contributed by atoms with Crippen molar-refractivity contribution in [3.8, 4) is 5.88 Å². The standard InChI is InChI=1S/C10H11N5O3S/c1-17-8-5-7(3-4-11-8)19-10-12-13-14-15(10)6-9(16)18-2/h3-5H,6H2,1-2H3. The van der Waals surface area contributed by atoms with Crippen molar-refractivity contribution < 1.29 is 14.3 Å². The number of pyridine rings is 1. The van der Waals surface area contributed by atoms with Crippen LogP contribution in [0.2, 0.25) is 0 Å². The molecule has 2 aromatic heterocycles. The first-order chi connectivity index (χ1) is 9.22. The minimum absolute atomic E-state index is 0.0337. The van der Waals surface area contributed by atoms with Crippen LogP contribution in [0, 0.1) is 0 Å². The van der Waals surface area contributed by atoms with Crippen LogP contribution < -0.4 is 4.74 Å². The van der Waals surface area contributed by atoms with Crippen molar-refractivity contribution in [1.29, 1.82) is 0 Å². The number of hydrogen-bond donors (Lipinski definition) is 0. The number of nitrogens with zero attached hydrogens (tertiary/aromatic N) is 5. The van der Waals surface area contributed by atoms with Gasteiger partial charge in [0.05, 0.1) is 14.2 Å². The summed E-state index contributed by atoms with van der Waals surface area (Å²) in [6, 6.07) is 3.55. The van der Waals surface area contributed by atoms with E-state index in [2.05, 4.69) is 25.2 Å². The fourth-order valence-corrected chi connectivity index (χ4v) is 2.01. The van der Waals surface area contributed by atoms with Gasteiger partial charge >= 0.3 is 5.97 Å². The first kappa shape index (κ1) is 13.3. The van der Waals surface area contributed by atoms with E-state index in [9.17, 15) is 4.79 Å². The van der Waals surface area contributed by atoms with Crippen LogP contribution in [0.1, 0.15) is 0 Å². The maximum absolute atomic E-state index is 11.2. The summed E-state index contributed by atoms with van der Waals surface area (Å²) in [7, 11) is 2.85. The van der Waals surface area contributed by atoms with Crippen molar-refractivity contribution in [2.24, 2.45) is 0 Å². The van der Waals surface area contributed by atoms with Gasteiger partial charge in [-0.1, -0.05) is 0 Å². The smallest absolute Gasteiger partial charge is 0.327 e. The molecule has 0 bridgehead atoms. The highest BCUT2D eigenvalue weighted by Gasteiger charge is 2.12. The van der Waals surface area contributed by atoms with E-state index in [1.54, 1.807) is 18.3 Å². The molecule has 0 aliphatic rings. The monoisotopic (exact) mass is 281 g/mol. The second kappa shape index (κ2) is 6.14. The summed E-state index contributed by atoms with van der Waals surface area (Å²) in [5.41, 5.74) is 0. The largest absolute Gasteiger partial charge is 0.481 e. The lowest BCUT2D eigenvalue weighted by atomic mass is 10.5. The summed E-state index contributed by atoms with van der Waals surface area (Å²) in [6.07, 6.45) is 1.62. The Bertz CT molecular complexity index is 574. The highest BCUT2D eigenvalue weighted by Crippen LogP contribution is 2.26. The summed E-state index contributed by atoms with van der Waals surface area (Å²) in [5, 5.41) is 11.6. The molecule has 0 aliphatic carbocycles. The predicted octanol–water partition coefficient (Wildman–Crippen LogP) is 0.401. The Morgan fingerprint density at radius 2 is 2.32 bits per heavy atom. The van der Waals surface area contributed by atoms with Crippen LogP contribution in [-0.4, -0.2) is 45.4 Å². The Labute approximate surface area is 113 Å². The van der Waals surface area contributed by atoms with Gasteiger partial charge in [-0.15, -0.1) is 5.10 Å². The number of hydrogen-bond acceptors (Lipinski definition) is 8. The molecule has 100 valence electrons. The number of rotatable bonds is 5. The van der Waals surface area contributed by atoms with Gasteiger partial charge in [-0.05, 0) is 28.3 Å². The van der Waals surface area contributed by atoms with Crippen molar-refractivity contribution in [3.05, 3.63) is 18.3 Å². The molecule has 0 saturated heterocycles. The zero-order valence-corrected chi connectivity index (χ0v) is 11.1. The number of esters is 1. The third-order valence-electron chi connectivity index (χ3n) is 2.13. The molecule has 0 amide bonds. The predicted molar refractivity (Wildman–Crippen MR) is 64.7 cm³/mol. The SMILES string of the molecule is COC(=O)Cn1nnnc1Sc1ccnc(OC)c1. The van der Waals surface area contributed by atoms with E-state index >= 15 is 0 Å². The molecular formula is C10H11N5O3S. The molecule has 2 heterocycles. The number of carbonyl (C=O) groups is 1. The molecule has 0 radical (unpaired) electrons. The summed E-state index contributed by atoms with van der Waals surface area (Å²) in [6.45, 7) is -0.0337. The molecule has 8 nitrogen and oxygen atoms in total. The summed E-state index contributed by atoms with van der Waals surface area (Å²) < 4.78 is 11.0. The molecule has 0 saturated carbocycles. The molecule has 0 aromatic carbocycles. The molecule has 0 aliphatic heterocycles. The molecule has 0 atom stereocenters. The number of aromatic nitrogens is 5. The van der Waals surface area contributed by atoms with Crippen molar-refractivity contribution in [2.45, 2.75) is 16.6 Å². The van der Waals surface area contributed by atoms with Crippen LogP contribution in [0.25, 0.3) is 0 Å². The first-order valence-electron chi connectivity index (χ1n) is 5.24. The second-order valence-corrected chi connectivity index (χ2v) is 4.37. The molecule has 2 rings (SSSR count). The van der Waals surface area contributed by atoms with E-state index in [4.69, 9.17) is 4.74 Å². The molecule has 0 unspecified atom stereocenters. The average Bonchev–Trinajstić information content (AvgIpc) is 2.86. The van der Waals surface area contributed by atoms with Gasteiger partial charge < -0.3 is 9.47 Å². The zero-order valence-electron chi connectivity index (χ0n) is 10.3. The van der Waals surface area contributed by atoms with Gasteiger partial charge in [0.2, 0.25) is 11.0 Å². The minimum Gasteiger partial charge on any atom is -0.481 e. The molecule has 0 N–H and O–H groups in total. The summed E-state index contributed by atoms with van der Waals surface area (Å²) >= 11 is 1.30. The minimum atomic E-state index is -0.415. The van der Waals surface area contributed by atoms with Crippen molar-refractivity contribution in [3.63, 3.8) is 0 Å². The lowest BCUT2D eigenvalue weighted by molar-refractivity contribution is -0.141. The van der Waals surface area contributed by atoms with Gasteiger partial charge in [-0.2, -0.15) is 0 Å². The maximum Gasteiger partial charge on any atom is 0.327 e. The number of methoxy groups -OCH3 is 2. The molecule has 0 spiro atoms. The van der Waals surface area contributed by atoms with Crippen LogP contribution in [-0.2, 0) is 16.1 Å². The highest BCUT2D eigenvalue weighted by atomic mass is 32.2. The number of carbonyl (C=O) groups excluding carboxylic acids is 1. The fourth-order valence-electron chi connectivity index (χ4n) is 1.23. The van der Waals surface area contributed by atoms with Gasteiger partial charge in [-0.3, -0.25) is 4.79 Å². The molecule has 9 heteroatoms. The van der Waals surface area contributed by atoms with Crippen LogP contribution in [0.4, 0.5) is 0 Å². The summed E-state index contributed by atoms with van der Waals surface area (Å²) in [4.78, 5) is 16.1. The quantitative estimate of drug-likeness (QED) is 0.727.